The second kappa shape index (κ2) is 8.16. The average Bonchev–Trinajstić information content (AvgIpc) is 3.27. The number of amides is 2. The number of pyridine rings is 1. The van der Waals surface area contributed by atoms with E-state index >= 15 is 0 Å². The first kappa shape index (κ1) is 19.3. The molecule has 4 aromatic rings. The van der Waals surface area contributed by atoms with Crippen molar-refractivity contribution >= 4 is 28.4 Å². The third kappa shape index (κ3) is 4.20. The lowest BCUT2D eigenvalue weighted by molar-refractivity contribution is 0.0948. The number of halogens is 1. The summed E-state index contributed by atoms with van der Waals surface area (Å²) in [6, 6.07) is 16.3. The summed E-state index contributed by atoms with van der Waals surface area (Å²) in [6.45, 7) is 1.98. The lowest BCUT2D eigenvalue weighted by Crippen LogP contribution is -2.24. The number of anilines is 1. The maximum Gasteiger partial charge on any atom is 0.291 e. The maximum absolute atomic E-state index is 13.4. The largest absolute Gasteiger partial charge is 0.459 e. The Morgan fingerprint density at radius 2 is 1.90 bits per heavy atom. The standard InChI is InChI=1S/C23H18FN3O3/c1-14-19(11-16-7-8-17(24)12-20(16)26-14)22(28)25-13-15-4-2-5-18(10-15)27-23(29)21-6-3-9-30-21/h2-12H,13H2,1H3,(H,25,28)(H,27,29). The summed E-state index contributed by atoms with van der Waals surface area (Å²) < 4.78 is 18.5. The smallest absolute Gasteiger partial charge is 0.291 e. The summed E-state index contributed by atoms with van der Waals surface area (Å²) in [5.74, 6) is -0.787. The molecule has 2 heterocycles. The van der Waals surface area contributed by atoms with Crippen LogP contribution in [-0.2, 0) is 6.54 Å². The third-order valence-electron chi connectivity index (χ3n) is 4.60. The zero-order chi connectivity index (χ0) is 21.1. The molecule has 0 atom stereocenters. The van der Waals surface area contributed by atoms with Crippen molar-refractivity contribution in [1.29, 1.82) is 0 Å². The third-order valence-corrected chi connectivity index (χ3v) is 4.60. The van der Waals surface area contributed by atoms with Gasteiger partial charge in [0, 0.05) is 23.7 Å². The van der Waals surface area contributed by atoms with Crippen molar-refractivity contribution < 1.29 is 18.4 Å². The summed E-state index contributed by atoms with van der Waals surface area (Å²) in [7, 11) is 0. The second-order valence-corrected chi connectivity index (χ2v) is 6.77. The van der Waals surface area contributed by atoms with Crippen molar-refractivity contribution in [2.45, 2.75) is 13.5 Å². The molecule has 0 fully saturated rings. The number of furan rings is 1. The summed E-state index contributed by atoms with van der Waals surface area (Å²) in [5.41, 5.74) is 2.85. The van der Waals surface area contributed by atoms with Gasteiger partial charge in [0.25, 0.3) is 11.8 Å². The predicted octanol–water partition coefficient (Wildman–Crippen LogP) is 4.46. The van der Waals surface area contributed by atoms with E-state index in [1.165, 1.54) is 18.4 Å². The molecule has 2 aromatic carbocycles. The van der Waals surface area contributed by atoms with E-state index in [0.717, 1.165) is 5.56 Å². The zero-order valence-corrected chi connectivity index (χ0v) is 16.1. The molecule has 2 aromatic heterocycles. The average molecular weight is 403 g/mol. The van der Waals surface area contributed by atoms with E-state index in [1.807, 2.05) is 6.07 Å². The Kier molecular flexibility index (Phi) is 5.26. The highest BCUT2D eigenvalue weighted by molar-refractivity contribution is 6.02. The van der Waals surface area contributed by atoms with Gasteiger partial charge >= 0.3 is 0 Å². The number of benzene rings is 2. The van der Waals surface area contributed by atoms with Crippen LogP contribution in [0, 0.1) is 12.7 Å². The summed E-state index contributed by atoms with van der Waals surface area (Å²) in [6.07, 6.45) is 1.43. The quantitative estimate of drug-likeness (QED) is 0.515. The van der Waals surface area contributed by atoms with Crippen LogP contribution in [0.3, 0.4) is 0 Å². The molecule has 0 bridgehead atoms. The van der Waals surface area contributed by atoms with Crippen molar-refractivity contribution in [1.82, 2.24) is 10.3 Å². The number of nitrogens with zero attached hydrogens (tertiary/aromatic N) is 1. The van der Waals surface area contributed by atoms with Gasteiger partial charge in [0.05, 0.1) is 23.0 Å². The number of hydrogen-bond donors (Lipinski definition) is 2. The Morgan fingerprint density at radius 1 is 1.03 bits per heavy atom. The number of nitrogens with one attached hydrogen (secondary N) is 2. The second-order valence-electron chi connectivity index (χ2n) is 6.77. The molecule has 2 amide bonds. The number of aryl methyl sites for hydroxylation is 1. The number of aromatic nitrogens is 1. The van der Waals surface area contributed by atoms with E-state index in [4.69, 9.17) is 4.42 Å². The Bertz CT molecular complexity index is 1240. The van der Waals surface area contributed by atoms with Gasteiger partial charge in [0.2, 0.25) is 0 Å². The lowest BCUT2D eigenvalue weighted by atomic mass is 10.1. The molecule has 0 aliphatic heterocycles. The van der Waals surface area contributed by atoms with Crippen LogP contribution in [0.2, 0.25) is 0 Å². The van der Waals surface area contributed by atoms with E-state index in [9.17, 15) is 14.0 Å². The van der Waals surface area contributed by atoms with Crippen LogP contribution < -0.4 is 10.6 Å². The molecule has 0 aliphatic rings. The van der Waals surface area contributed by atoms with E-state index in [1.54, 1.807) is 49.4 Å². The highest BCUT2D eigenvalue weighted by Crippen LogP contribution is 2.18. The first-order valence-corrected chi connectivity index (χ1v) is 9.28. The van der Waals surface area contributed by atoms with Gasteiger partial charge in [-0.25, -0.2) is 4.39 Å². The van der Waals surface area contributed by atoms with Gasteiger partial charge in [-0.2, -0.15) is 0 Å². The fraction of sp³-hybridized carbons (Fsp3) is 0.0870. The molecule has 0 spiro atoms. The Balaban J connectivity index is 1.45. The highest BCUT2D eigenvalue weighted by Gasteiger charge is 2.13. The van der Waals surface area contributed by atoms with Gasteiger partial charge in [-0.05, 0) is 55.0 Å². The van der Waals surface area contributed by atoms with Gasteiger partial charge in [-0.15, -0.1) is 0 Å². The summed E-state index contributed by atoms with van der Waals surface area (Å²) in [4.78, 5) is 29.1. The van der Waals surface area contributed by atoms with Crippen LogP contribution in [0.5, 0.6) is 0 Å². The van der Waals surface area contributed by atoms with Crippen molar-refractivity contribution in [3.63, 3.8) is 0 Å². The molecule has 0 saturated carbocycles. The van der Waals surface area contributed by atoms with Crippen LogP contribution in [0.4, 0.5) is 10.1 Å². The molecular weight excluding hydrogens is 385 g/mol. The van der Waals surface area contributed by atoms with Gasteiger partial charge < -0.3 is 15.1 Å². The number of carbonyl (C=O) groups excluding carboxylic acids is 2. The maximum atomic E-state index is 13.4. The van der Waals surface area contributed by atoms with Crippen molar-refractivity contribution in [3.8, 4) is 0 Å². The number of hydrogen-bond acceptors (Lipinski definition) is 4. The molecule has 30 heavy (non-hydrogen) atoms. The van der Waals surface area contributed by atoms with Crippen molar-refractivity contribution in [2.24, 2.45) is 0 Å². The fourth-order valence-electron chi connectivity index (χ4n) is 3.10. The highest BCUT2D eigenvalue weighted by atomic mass is 19.1. The van der Waals surface area contributed by atoms with Crippen LogP contribution >= 0.6 is 0 Å². The summed E-state index contributed by atoms with van der Waals surface area (Å²) >= 11 is 0. The Labute approximate surface area is 171 Å². The Morgan fingerprint density at radius 3 is 2.70 bits per heavy atom. The minimum absolute atomic E-state index is 0.216. The first-order chi connectivity index (χ1) is 14.5. The number of fused-ring (bicyclic) bond motifs is 1. The molecule has 0 unspecified atom stereocenters. The van der Waals surface area contributed by atoms with Crippen LogP contribution in [-0.4, -0.2) is 16.8 Å². The summed E-state index contributed by atoms with van der Waals surface area (Å²) in [5, 5.41) is 6.30. The van der Waals surface area contributed by atoms with Gasteiger partial charge in [0.1, 0.15) is 5.82 Å². The molecule has 150 valence electrons. The molecule has 4 rings (SSSR count). The van der Waals surface area contributed by atoms with Crippen molar-refractivity contribution in [3.05, 3.63) is 95.3 Å². The van der Waals surface area contributed by atoms with Crippen LogP contribution in [0.15, 0.2) is 71.3 Å². The van der Waals surface area contributed by atoms with Gasteiger partial charge in [-0.1, -0.05) is 12.1 Å². The first-order valence-electron chi connectivity index (χ1n) is 9.28. The minimum atomic E-state index is -0.370. The molecule has 7 heteroatoms. The zero-order valence-electron chi connectivity index (χ0n) is 16.1. The normalized spacial score (nSPS) is 10.7. The molecular formula is C23H18FN3O3. The molecule has 0 radical (unpaired) electrons. The van der Waals surface area contributed by atoms with Crippen molar-refractivity contribution in [2.75, 3.05) is 5.32 Å². The Hall–Kier alpha value is -4.00. The molecule has 2 N–H and O–H groups in total. The minimum Gasteiger partial charge on any atom is -0.459 e. The SMILES string of the molecule is Cc1nc2cc(F)ccc2cc1C(=O)NCc1cccc(NC(=O)c2ccco2)c1. The topological polar surface area (TPSA) is 84.2 Å². The molecule has 0 saturated heterocycles. The lowest BCUT2D eigenvalue weighted by Gasteiger charge is -2.10. The monoisotopic (exact) mass is 403 g/mol. The van der Waals surface area contributed by atoms with E-state index in [-0.39, 0.29) is 29.9 Å². The van der Waals surface area contributed by atoms with E-state index in [2.05, 4.69) is 15.6 Å². The van der Waals surface area contributed by atoms with E-state index in [0.29, 0.717) is 27.8 Å². The molecule has 6 nitrogen and oxygen atoms in total. The number of carbonyl (C=O) groups is 2. The predicted molar refractivity (Wildman–Crippen MR) is 111 cm³/mol. The van der Waals surface area contributed by atoms with Crippen LogP contribution in [0.1, 0.15) is 32.2 Å². The fourth-order valence-corrected chi connectivity index (χ4v) is 3.10. The number of rotatable bonds is 5. The van der Waals surface area contributed by atoms with Crippen LogP contribution in [0.25, 0.3) is 10.9 Å². The van der Waals surface area contributed by atoms with Gasteiger partial charge in [0.15, 0.2) is 5.76 Å². The molecule has 0 aliphatic carbocycles. The van der Waals surface area contributed by atoms with E-state index < -0.39 is 0 Å². The van der Waals surface area contributed by atoms with Gasteiger partial charge in [-0.3, -0.25) is 14.6 Å².